The maximum Gasteiger partial charge on any atom is 0.0713 e. The molecule has 2 rings (SSSR count). The largest absolute Gasteiger partial charge is 0.256 e. The lowest BCUT2D eigenvalue weighted by molar-refractivity contribution is 1.28. The summed E-state index contributed by atoms with van der Waals surface area (Å²) < 4.78 is 0. The first-order chi connectivity index (χ1) is 6.36. The second-order valence-corrected chi connectivity index (χ2v) is 3.83. The van der Waals surface area contributed by atoms with Crippen LogP contribution in [0.4, 0.5) is 0 Å². The Kier molecular flexibility index (Phi) is 2.35. The van der Waals surface area contributed by atoms with E-state index in [0.29, 0.717) is 0 Å². The lowest BCUT2D eigenvalue weighted by atomic mass is 10.2. The molecule has 64 valence electrons. The van der Waals surface area contributed by atoms with Crippen LogP contribution in [0.1, 0.15) is 12.6 Å². The average molecular weight is 187 g/mol. The van der Waals surface area contributed by atoms with Crippen molar-refractivity contribution in [3.05, 3.63) is 52.2 Å². The fourth-order valence-electron chi connectivity index (χ4n) is 1.07. The molecule has 1 nitrogen and oxygen atoms in total. The fraction of sp³-hybridized carbons (Fsp3) is 0.0909. The predicted molar refractivity (Wildman–Crippen MR) is 57.1 cm³/mol. The summed E-state index contributed by atoms with van der Waals surface area (Å²) in [5.41, 5.74) is 5.32. The molecule has 0 spiro atoms. The van der Waals surface area contributed by atoms with Crippen molar-refractivity contribution in [2.45, 2.75) is 6.92 Å². The number of hydrogen-bond acceptors (Lipinski definition) is 2. The molecule has 1 aliphatic heterocycles. The molecule has 0 unspecified atom stereocenters. The number of pyridine rings is 1. The van der Waals surface area contributed by atoms with Gasteiger partial charge < -0.3 is 0 Å². The minimum absolute atomic E-state index is 1.01. The van der Waals surface area contributed by atoms with E-state index in [-0.39, 0.29) is 0 Å². The first kappa shape index (κ1) is 8.36. The Balaban J connectivity index is 2.36. The predicted octanol–water partition coefficient (Wildman–Crippen LogP) is 3.23. The molecule has 2 heteroatoms. The zero-order chi connectivity index (χ0) is 9.10. The monoisotopic (exact) mass is 187 g/mol. The number of aromatic nitrogens is 1. The van der Waals surface area contributed by atoms with Gasteiger partial charge >= 0.3 is 0 Å². The Bertz CT molecular complexity index is 397. The SMILES string of the molecule is CC1=C=CC(c2ccccn2)=CS1. The van der Waals surface area contributed by atoms with Crippen LogP contribution in [-0.2, 0) is 0 Å². The summed E-state index contributed by atoms with van der Waals surface area (Å²) in [7, 11) is 0. The standard InChI is InChI=1S/C11H9NS/c1-9-5-6-10(8-13-9)11-4-2-3-7-12-11/h2-4,6-8H,1H3. The summed E-state index contributed by atoms with van der Waals surface area (Å²) in [5.74, 6) is 0. The van der Waals surface area contributed by atoms with E-state index in [4.69, 9.17) is 0 Å². The number of allylic oxidation sites excluding steroid dienone is 2. The van der Waals surface area contributed by atoms with Crippen LogP contribution in [0.15, 0.2) is 46.5 Å². The van der Waals surface area contributed by atoms with Gasteiger partial charge in [-0.15, -0.1) is 5.73 Å². The van der Waals surface area contributed by atoms with Crippen LogP contribution in [0.5, 0.6) is 0 Å². The third kappa shape index (κ3) is 1.92. The molecule has 1 aromatic heterocycles. The van der Waals surface area contributed by atoms with Gasteiger partial charge in [-0.25, -0.2) is 0 Å². The van der Waals surface area contributed by atoms with Crippen LogP contribution in [-0.4, -0.2) is 4.98 Å². The van der Waals surface area contributed by atoms with Crippen molar-refractivity contribution in [1.82, 2.24) is 4.98 Å². The van der Waals surface area contributed by atoms with E-state index >= 15 is 0 Å². The molecule has 1 aromatic rings. The second-order valence-electron chi connectivity index (χ2n) is 2.75. The lowest BCUT2D eigenvalue weighted by Crippen LogP contribution is -1.85. The molecule has 2 heterocycles. The quantitative estimate of drug-likeness (QED) is 0.626. The molecule has 0 radical (unpaired) electrons. The Morgan fingerprint density at radius 2 is 2.31 bits per heavy atom. The van der Waals surface area contributed by atoms with E-state index in [1.165, 1.54) is 4.91 Å². The smallest absolute Gasteiger partial charge is 0.0713 e. The molecule has 0 aromatic carbocycles. The number of thioether (sulfide) groups is 1. The summed E-state index contributed by atoms with van der Waals surface area (Å²) in [4.78, 5) is 5.46. The van der Waals surface area contributed by atoms with E-state index in [1.54, 1.807) is 18.0 Å². The minimum atomic E-state index is 1.01. The molecule has 0 aliphatic carbocycles. The van der Waals surface area contributed by atoms with E-state index < -0.39 is 0 Å². The first-order valence-corrected chi connectivity index (χ1v) is 4.96. The minimum Gasteiger partial charge on any atom is -0.256 e. The van der Waals surface area contributed by atoms with Crippen molar-refractivity contribution in [2.24, 2.45) is 0 Å². The average Bonchev–Trinajstić information content (AvgIpc) is 2.20. The molecule has 0 saturated carbocycles. The second kappa shape index (κ2) is 3.65. The van der Waals surface area contributed by atoms with Gasteiger partial charge in [0, 0.05) is 16.7 Å². The van der Waals surface area contributed by atoms with E-state index in [1.807, 2.05) is 31.2 Å². The van der Waals surface area contributed by atoms with E-state index in [2.05, 4.69) is 16.1 Å². The topological polar surface area (TPSA) is 12.9 Å². The highest BCUT2D eigenvalue weighted by molar-refractivity contribution is 8.06. The van der Waals surface area contributed by atoms with E-state index in [9.17, 15) is 0 Å². The molecular weight excluding hydrogens is 178 g/mol. The normalized spacial score (nSPS) is 15.2. The highest BCUT2D eigenvalue weighted by Crippen LogP contribution is 2.26. The number of hydrogen-bond donors (Lipinski definition) is 0. The van der Waals surface area contributed by atoms with Crippen LogP contribution in [0, 0.1) is 0 Å². The molecule has 0 bridgehead atoms. The summed E-state index contributed by atoms with van der Waals surface area (Å²) in [6.45, 7) is 2.05. The van der Waals surface area contributed by atoms with Crippen LogP contribution in [0.2, 0.25) is 0 Å². The van der Waals surface area contributed by atoms with Crippen molar-refractivity contribution in [3.63, 3.8) is 0 Å². The van der Waals surface area contributed by atoms with Crippen LogP contribution >= 0.6 is 11.8 Å². The van der Waals surface area contributed by atoms with Gasteiger partial charge in [0.05, 0.1) is 5.69 Å². The molecule has 0 N–H and O–H groups in total. The Morgan fingerprint density at radius 1 is 1.38 bits per heavy atom. The summed E-state index contributed by atoms with van der Waals surface area (Å²) in [6.07, 6.45) is 3.79. The lowest BCUT2D eigenvalue weighted by Gasteiger charge is -2.03. The van der Waals surface area contributed by atoms with Gasteiger partial charge in [0.2, 0.25) is 0 Å². The summed E-state index contributed by atoms with van der Waals surface area (Å²) in [5, 5.41) is 2.11. The summed E-state index contributed by atoms with van der Waals surface area (Å²) in [6, 6.07) is 5.92. The maximum atomic E-state index is 4.27. The fourth-order valence-corrected chi connectivity index (χ4v) is 1.69. The van der Waals surface area contributed by atoms with Crippen molar-refractivity contribution >= 4 is 17.3 Å². The molecular formula is C11H9NS. The third-order valence-corrected chi connectivity index (χ3v) is 2.60. The molecule has 0 fully saturated rings. The van der Waals surface area contributed by atoms with Gasteiger partial charge in [0.1, 0.15) is 0 Å². The van der Waals surface area contributed by atoms with Crippen molar-refractivity contribution in [2.75, 3.05) is 0 Å². The Labute approximate surface area is 81.9 Å². The highest BCUT2D eigenvalue weighted by atomic mass is 32.2. The molecule has 1 aliphatic rings. The van der Waals surface area contributed by atoms with Crippen LogP contribution in [0.25, 0.3) is 5.57 Å². The zero-order valence-corrected chi connectivity index (χ0v) is 8.14. The Hall–Kier alpha value is -1.24. The van der Waals surface area contributed by atoms with Gasteiger partial charge in [-0.1, -0.05) is 17.8 Å². The third-order valence-electron chi connectivity index (χ3n) is 1.75. The number of nitrogens with zero attached hydrogens (tertiary/aromatic N) is 1. The van der Waals surface area contributed by atoms with Crippen LogP contribution < -0.4 is 0 Å². The Morgan fingerprint density at radius 3 is 2.92 bits per heavy atom. The van der Waals surface area contributed by atoms with E-state index in [0.717, 1.165) is 11.3 Å². The molecule has 0 atom stereocenters. The van der Waals surface area contributed by atoms with Gasteiger partial charge in [-0.3, -0.25) is 4.98 Å². The van der Waals surface area contributed by atoms with Crippen LogP contribution in [0.3, 0.4) is 0 Å². The first-order valence-electron chi connectivity index (χ1n) is 4.08. The van der Waals surface area contributed by atoms with Gasteiger partial charge in [0.25, 0.3) is 0 Å². The summed E-state index contributed by atoms with van der Waals surface area (Å²) >= 11 is 1.69. The highest BCUT2D eigenvalue weighted by Gasteiger charge is 2.01. The molecule has 13 heavy (non-hydrogen) atoms. The zero-order valence-electron chi connectivity index (χ0n) is 7.32. The van der Waals surface area contributed by atoms with Gasteiger partial charge in [0.15, 0.2) is 0 Å². The van der Waals surface area contributed by atoms with Gasteiger partial charge in [-0.2, -0.15) is 0 Å². The van der Waals surface area contributed by atoms with Crippen molar-refractivity contribution < 1.29 is 0 Å². The number of rotatable bonds is 1. The van der Waals surface area contributed by atoms with Crippen molar-refractivity contribution in [3.8, 4) is 0 Å². The van der Waals surface area contributed by atoms with Gasteiger partial charge in [-0.05, 0) is 30.5 Å². The molecule has 0 amide bonds. The maximum absolute atomic E-state index is 4.27. The molecule has 0 saturated heterocycles. The van der Waals surface area contributed by atoms with Crippen molar-refractivity contribution in [1.29, 1.82) is 0 Å².